The molecule has 2 rings (SSSR count). The SMILES string of the molecule is CC[C@H](C)NC(=O)[C@@H]1CC(c2ccc(OC)cc2)=NO1. The highest BCUT2D eigenvalue weighted by Gasteiger charge is 2.29. The van der Waals surface area contributed by atoms with Crippen LogP contribution < -0.4 is 10.1 Å². The Balaban J connectivity index is 1.95. The standard InChI is InChI=1S/C15H20N2O3/c1-4-10(2)16-15(18)14-9-13(17-20-14)11-5-7-12(19-3)8-6-11/h5-8,10,14H,4,9H2,1-3H3,(H,16,18)/t10-,14-/m0/s1. The van der Waals surface area contributed by atoms with Crippen molar-refractivity contribution in [3.8, 4) is 5.75 Å². The van der Waals surface area contributed by atoms with Crippen molar-refractivity contribution in [2.24, 2.45) is 5.16 Å². The molecule has 0 saturated carbocycles. The van der Waals surface area contributed by atoms with E-state index in [1.807, 2.05) is 38.1 Å². The van der Waals surface area contributed by atoms with Gasteiger partial charge < -0.3 is 14.9 Å². The zero-order valence-electron chi connectivity index (χ0n) is 12.1. The van der Waals surface area contributed by atoms with E-state index >= 15 is 0 Å². The van der Waals surface area contributed by atoms with Crippen LogP contribution in [0.5, 0.6) is 5.75 Å². The quantitative estimate of drug-likeness (QED) is 0.896. The molecule has 0 saturated heterocycles. The number of methoxy groups -OCH3 is 1. The molecule has 0 aromatic heterocycles. The normalized spacial score (nSPS) is 18.9. The zero-order valence-corrected chi connectivity index (χ0v) is 12.1. The monoisotopic (exact) mass is 276 g/mol. The fraction of sp³-hybridized carbons (Fsp3) is 0.467. The maximum absolute atomic E-state index is 12.0. The van der Waals surface area contributed by atoms with Crippen molar-refractivity contribution in [1.29, 1.82) is 0 Å². The van der Waals surface area contributed by atoms with Gasteiger partial charge in [-0.3, -0.25) is 4.79 Å². The highest BCUT2D eigenvalue weighted by molar-refractivity contribution is 6.04. The minimum atomic E-state index is -0.527. The minimum Gasteiger partial charge on any atom is -0.497 e. The molecule has 20 heavy (non-hydrogen) atoms. The van der Waals surface area contributed by atoms with Crippen molar-refractivity contribution in [3.63, 3.8) is 0 Å². The number of oxime groups is 1. The van der Waals surface area contributed by atoms with Crippen LogP contribution in [-0.4, -0.2) is 30.9 Å². The first-order valence-electron chi connectivity index (χ1n) is 6.81. The summed E-state index contributed by atoms with van der Waals surface area (Å²) in [6, 6.07) is 7.71. The van der Waals surface area contributed by atoms with Crippen LogP contribution in [0.2, 0.25) is 0 Å². The van der Waals surface area contributed by atoms with Crippen molar-refractivity contribution in [2.45, 2.75) is 38.8 Å². The van der Waals surface area contributed by atoms with E-state index < -0.39 is 6.10 Å². The van der Waals surface area contributed by atoms with E-state index in [0.717, 1.165) is 23.4 Å². The van der Waals surface area contributed by atoms with Crippen LogP contribution in [-0.2, 0) is 9.63 Å². The number of hydrogen-bond acceptors (Lipinski definition) is 4. The molecule has 0 aliphatic carbocycles. The Morgan fingerprint density at radius 3 is 2.80 bits per heavy atom. The summed E-state index contributed by atoms with van der Waals surface area (Å²) in [7, 11) is 1.63. The molecule has 1 aromatic carbocycles. The fourth-order valence-corrected chi connectivity index (χ4v) is 1.91. The lowest BCUT2D eigenvalue weighted by atomic mass is 10.0. The first-order valence-corrected chi connectivity index (χ1v) is 6.81. The number of ether oxygens (including phenoxy) is 1. The molecule has 1 N–H and O–H groups in total. The number of nitrogens with zero attached hydrogens (tertiary/aromatic N) is 1. The Kier molecular flexibility index (Phi) is 4.61. The van der Waals surface area contributed by atoms with Gasteiger partial charge in [0, 0.05) is 12.5 Å². The van der Waals surface area contributed by atoms with Gasteiger partial charge in [0.2, 0.25) is 6.10 Å². The smallest absolute Gasteiger partial charge is 0.264 e. The topological polar surface area (TPSA) is 59.9 Å². The number of hydrogen-bond donors (Lipinski definition) is 1. The zero-order chi connectivity index (χ0) is 14.5. The summed E-state index contributed by atoms with van der Waals surface area (Å²) in [5.74, 6) is 0.686. The number of amides is 1. The highest BCUT2D eigenvalue weighted by Crippen LogP contribution is 2.19. The van der Waals surface area contributed by atoms with E-state index in [9.17, 15) is 4.79 Å². The van der Waals surface area contributed by atoms with Crippen molar-refractivity contribution in [2.75, 3.05) is 7.11 Å². The van der Waals surface area contributed by atoms with Crippen LogP contribution in [0, 0.1) is 0 Å². The Hall–Kier alpha value is -2.04. The van der Waals surface area contributed by atoms with Crippen LogP contribution in [0.15, 0.2) is 29.4 Å². The van der Waals surface area contributed by atoms with Gasteiger partial charge in [-0.1, -0.05) is 12.1 Å². The molecule has 0 bridgehead atoms. The number of carbonyl (C=O) groups is 1. The van der Waals surface area contributed by atoms with Crippen molar-refractivity contribution in [3.05, 3.63) is 29.8 Å². The van der Waals surface area contributed by atoms with Gasteiger partial charge in [-0.2, -0.15) is 0 Å². The summed E-state index contributed by atoms with van der Waals surface area (Å²) in [6.45, 7) is 4.00. The summed E-state index contributed by atoms with van der Waals surface area (Å²) in [5.41, 5.74) is 1.74. The molecular weight excluding hydrogens is 256 g/mol. The molecule has 0 spiro atoms. The van der Waals surface area contributed by atoms with Crippen molar-refractivity contribution in [1.82, 2.24) is 5.32 Å². The third-order valence-corrected chi connectivity index (χ3v) is 3.39. The van der Waals surface area contributed by atoms with Crippen LogP contribution >= 0.6 is 0 Å². The van der Waals surface area contributed by atoms with Crippen molar-refractivity contribution >= 4 is 11.6 Å². The average Bonchev–Trinajstić information content (AvgIpc) is 2.97. The van der Waals surface area contributed by atoms with Gasteiger partial charge in [0.25, 0.3) is 5.91 Å². The Bertz CT molecular complexity index is 496. The fourth-order valence-electron chi connectivity index (χ4n) is 1.91. The molecule has 108 valence electrons. The van der Waals surface area contributed by atoms with Gasteiger partial charge in [0.05, 0.1) is 12.8 Å². The van der Waals surface area contributed by atoms with E-state index in [1.54, 1.807) is 7.11 Å². The predicted octanol–water partition coefficient (Wildman–Crippen LogP) is 2.10. The molecule has 0 unspecified atom stereocenters. The lowest BCUT2D eigenvalue weighted by Gasteiger charge is -2.14. The van der Waals surface area contributed by atoms with Crippen LogP contribution in [0.3, 0.4) is 0 Å². The van der Waals surface area contributed by atoms with Crippen LogP contribution in [0.4, 0.5) is 0 Å². The second kappa shape index (κ2) is 6.41. The van der Waals surface area contributed by atoms with Gasteiger partial charge in [0.1, 0.15) is 5.75 Å². The molecule has 5 heteroatoms. The molecule has 2 atom stereocenters. The largest absolute Gasteiger partial charge is 0.497 e. The molecule has 1 aromatic rings. The Morgan fingerprint density at radius 1 is 1.50 bits per heavy atom. The predicted molar refractivity (Wildman–Crippen MR) is 76.9 cm³/mol. The molecule has 1 amide bonds. The molecule has 0 fully saturated rings. The van der Waals surface area contributed by atoms with E-state index in [0.29, 0.717) is 6.42 Å². The van der Waals surface area contributed by atoms with E-state index in [-0.39, 0.29) is 11.9 Å². The number of nitrogens with one attached hydrogen (secondary N) is 1. The van der Waals surface area contributed by atoms with Crippen LogP contribution in [0.1, 0.15) is 32.3 Å². The van der Waals surface area contributed by atoms with Crippen molar-refractivity contribution < 1.29 is 14.4 Å². The lowest BCUT2D eigenvalue weighted by Crippen LogP contribution is -2.39. The molecule has 5 nitrogen and oxygen atoms in total. The minimum absolute atomic E-state index is 0.105. The van der Waals surface area contributed by atoms with Gasteiger partial charge in [-0.05, 0) is 43.2 Å². The molecular formula is C15H20N2O3. The summed E-state index contributed by atoms with van der Waals surface area (Å²) in [5, 5.41) is 6.92. The van der Waals surface area contributed by atoms with Crippen LogP contribution in [0.25, 0.3) is 0 Å². The molecule has 1 heterocycles. The maximum Gasteiger partial charge on any atom is 0.264 e. The maximum atomic E-state index is 12.0. The second-order valence-electron chi connectivity index (χ2n) is 4.88. The lowest BCUT2D eigenvalue weighted by molar-refractivity contribution is -0.131. The Labute approximate surface area is 118 Å². The first kappa shape index (κ1) is 14.4. The summed E-state index contributed by atoms with van der Waals surface area (Å²) >= 11 is 0. The Morgan fingerprint density at radius 2 is 2.20 bits per heavy atom. The molecule has 1 aliphatic heterocycles. The third kappa shape index (κ3) is 3.29. The van der Waals surface area contributed by atoms with E-state index in [1.165, 1.54) is 0 Å². The third-order valence-electron chi connectivity index (χ3n) is 3.39. The summed E-state index contributed by atoms with van der Waals surface area (Å²) in [4.78, 5) is 17.2. The van der Waals surface area contributed by atoms with Gasteiger partial charge in [-0.15, -0.1) is 0 Å². The van der Waals surface area contributed by atoms with E-state index in [4.69, 9.17) is 9.57 Å². The second-order valence-corrected chi connectivity index (χ2v) is 4.88. The number of rotatable bonds is 5. The first-order chi connectivity index (χ1) is 9.63. The van der Waals surface area contributed by atoms with E-state index in [2.05, 4.69) is 10.5 Å². The van der Waals surface area contributed by atoms with Gasteiger partial charge >= 0.3 is 0 Å². The van der Waals surface area contributed by atoms with Gasteiger partial charge in [-0.25, -0.2) is 0 Å². The average molecular weight is 276 g/mol. The molecule has 0 radical (unpaired) electrons. The van der Waals surface area contributed by atoms with Gasteiger partial charge in [0.15, 0.2) is 0 Å². The summed E-state index contributed by atoms with van der Waals surface area (Å²) < 4.78 is 5.11. The summed E-state index contributed by atoms with van der Waals surface area (Å²) in [6.07, 6.45) is 0.861. The highest BCUT2D eigenvalue weighted by atomic mass is 16.6. The number of benzene rings is 1. The number of carbonyl (C=O) groups excluding carboxylic acids is 1. The molecule has 1 aliphatic rings.